The summed E-state index contributed by atoms with van der Waals surface area (Å²) in [5.41, 5.74) is 3.25. The van der Waals surface area contributed by atoms with E-state index in [1.54, 1.807) is 13.3 Å². The number of hydrogen-bond donors (Lipinski definition) is 1. The summed E-state index contributed by atoms with van der Waals surface area (Å²) in [7, 11) is 1.66. The van der Waals surface area contributed by atoms with Crippen LogP contribution in [0, 0.1) is 6.92 Å². The molecule has 1 unspecified atom stereocenters. The van der Waals surface area contributed by atoms with Gasteiger partial charge in [-0.1, -0.05) is 24.3 Å². The van der Waals surface area contributed by atoms with Gasteiger partial charge in [-0.2, -0.15) is 0 Å². The number of amides is 1. The second-order valence-electron chi connectivity index (χ2n) is 8.27. The maximum atomic E-state index is 12.9. The zero-order chi connectivity index (χ0) is 22.3. The third-order valence-electron chi connectivity index (χ3n) is 6.01. The fraction of sp³-hybridized carbons (Fsp3) is 0.346. The molecule has 1 aliphatic rings. The fourth-order valence-electron chi connectivity index (χ4n) is 4.13. The number of benzene rings is 1. The molecule has 3 heterocycles. The minimum atomic E-state index is 0.212. The Labute approximate surface area is 189 Å². The molecule has 1 aromatic carbocycles. The van der Waals surface area contributed by atoms with Gasteiger partial charge in [0.2, 0.25) is 5.91 Å². The van der Waals surface area contributed by atoms with Gasteiger partial charge in [-0.15, -0.1) is 0 Å². The number of hydrogen-bond acceptors (Lipinski definition) is 5. The van der Waals surface area contributed by atoms with Crippen molar-refractivity contribution in [2.24, 2.45) is 0 Å². The van der Waals surface area contributed by atoms with Crippen molar-refractivity contribution in [2.45, 2.75) is 38.5 Å². The Morgan fingerprint density at radius 1 is 1.16 bits per heavy atom. The van der Waals surface area contributed by atoms with E-state index in [9.17, 15) is 4.79 Å². The molecule has 2 aromatic heterocycles. The predicted molar refractivity (Wildman–Crippen MR) is 126 cm³/mol. The van der Waals surface area contributed by atoms with E-state index in [-0.39, 0.29) is 11.8 Å². The van der Waals surface area contributed by atoms with Crippen molar-refractivity contribution < 1.29 is 9.53 Å². The molecular weight excluding hydrogens is 400 g/mol. The van der Waals surface area contributed by atoms with Crippen LogP contribution in [0.25, 0.3) is 0 Å². The Morgan fingerprint density at radius 3 is 2.78 bits per heavy atom. The van der Waals surface area contributed by atoms with E-state index < -0.39 is 0 Å². The Balaban J connectivity index is 1.36. The molecule has 166 valence electrons. The number of carbonyl (C=O) groups excluding carboxylic acids is 1. The number of rotatable bonds is 7. The van der Waals surface area contributed by atoms with Crippen LogP contribution in [0.4, 0.5) is 11.6 Å². The molecule has 1 amide bonds. The SMILES string of the molecule is COc1ccc(CCC(=O)N2CCCC(c3cccc(Nc4ncccc4C)n3)C2)cc1. The predicted octanol–water partition coefficient (Wildman–Crippen LogP) is 4.88. The molecule has 3 aromatic rings. The van der Waals surface area contributed by atoms with Crippen molar-refractivity contribution in [3.63, 3.8) is 0 Å². The Morgan fingerprint density at radius 2 is 2.00 bits per heavy atom. The first-order valence-corrected chi connectivity index (χ1v) is 11.2. The van der Waals surface area contributed by atoms with Crippen molar-refractivity contribution in [1.29, 1.82) is 0 Å². The van der Waals surface area contributed by atoms with Gasteiger partial charge in [-0.3, -0.25) is 4.79 Å². The van der Waals surface area contributed by atoms with Crippen LogP contribution in [0.3, 0.4) is 0 Å². The van der Waals surface area contributed by atoms with E-state index in [4.69, 9.17) is 9.72 Å². The minimum Gasteiger partial charge on any atom is -0.497 e. The van der Waals surface area contributed by atoms with Crippen LogP contribution in [0.5, 0.6) is 5.75 Å². The molecular formula is C26H30N4O2. The lowest BCUT2D eigenvalue weighted by Gasteiger charge is -2.32. The maximum Gasteiger partial charge on any atom is 0.222 e. The van der Waals surface area contributed by atoms with Crippen molar-refractivity contribution in [2.75, 3.05) is 25.5 Å². The van der Waals surface area contributed by atoms with Crippen molar-refractivity contribution >= 4 is 17.5 Å². The molecule has 0 bridgehead atoms. The number of aryl methyl sites for hydroxylation is 2. The van der Waals surface area contributed by atoms with Crippen LogP contribution in [0.1, 0.15) is 42.0 Å². The van der Waals surface area contributed by atoms with Gasteiger partial charge < -0.3 is 15.0 Å². The van der Waals surface area contributed by atoms with Gasteiger partial charge in [0.25, 0.3) is 0 Å². The quantitative estimate of drug-likeness (QED) is 0.579. The number of nitrogens with zero attached hydrogens (tertiary/aromatic N) is 3. The van der Waals surface area contributed by atoms with E-state index in [2.05, 4.69) is 16.4 Å². The third-order valence-corrected chi connectivity index (χ3v) is 6.01. The smallest absolute Gasteiger partial charge is 0.222 e. The molecule has 32 heavy (non-hydrogen) atoms. The van der Waals surface area contributed by atoms with Gasteiger partial charge in [0, 0.05) is 37.3 Å². The van der Waals surface area contributed by atoms with Crippen LogP contribution in [-0.2, 0) is 11.2 Å². The summed E-state index contributed by atoms with van der Waals surface area (Å²) in [6.45, 7) is 3.57. The number of methoxy groups -OCH3 is 1. The molecule has 1 atom stereocenters. The molecule has 0 spiro atoms. The highest BCUT2D eigenvalue weighted by Gasteiger charge is 2.25. The number of likely N-dealkylation sites (tertiary alicyclic amines) is 1. The van der Waals surface area contributed by atoms with E-state index in [0.717, 1.165) is 66.6 Å². The number of carbonyl (C=O) groups is 1. The summed E-state index contributed by atoms with van der Waals surface area (Å²) in [4.78, 5) is 24.1. The monoisotopic (exact) mass is 430 g/mol. The van der Waals surface area contributed by atoms with Gasteiger partial charge in [0.05, 0.1) is 7.11 Å². The van der Waals surface area contributed by atoms with E-state index in [0.29, 0.717) is 6.42 Å². The summed E-state index contributed by atoms with van der Waals surface area (Å²) in [6, 6.07) is 17.9. The fourth-order valence-corrected chi connectivity index (χ4v) is 4.13. The molecule has 6 heteroatoms. The Hall–Kier alpha value is -3.41. The van der Waals surface area contributed by atoms with Gasteiger partial charge in [0.15, 0.2) is 0 Å². The highest BCUT2D eigenvalue weighted by molar-refractivity contribution is 5.76. The van der Waals surface area contributed by atoms with Crippen LogP contribution >= 0.6 is 0 Å². The standard InChI is InChI=1S/C26H30N4O2/c1-19-6-4-16-27-26(19)29-24-9-3-8-23(28-24)21-7-5-17-30(18-21)25(31)15-12-20-10-13-22(32-2)14-11-20/h3-4,6,8-11,13-14,16,21H,5,7,12,15,17-18H2,1-2H3,(H,27,28,29). The number of piperidine rings is 1. The Kier molecular flexibility index (Phi) is 7.00. The lowest BCUT2D eigenvalue weighted by Crippen LogP contribution is -2.39. The highest BCUT2D eigenvalue weighted by Crippen LogP contribution is 2.28. The average Bonchev–Trinajstić information content (AvgIpc) is 2.84. The van der Waals surface area contributed by atoms with Crippen LogP contribution in [-0.4, -0.2) is 41.0 Å². The number of ether oxygens (including phenoxy) is 1. The second-order valence-corrected chi connectivity index (χ2v) is 8.27. The molecule has 0 radical (unpaired) electrons. The first-order chi connectivity index (χ1) is 15.6. The van der Waals surface area contributed by atoms with Gasteiger partial charge >= 0.3 is 0 Å². The van der Waals surface area contributed by atoms with Gasteiger partial charge in [0.1, 0.15) is 17.4 Å². The summed E-state index contributed by atoms with van der Waals surface area (Å²) in [5.74, 6) is 2.90. The molecule has 0 saturated carbocycles. The number of nitrogens with one attached hydrogen (secondary N) is 1. The third kappa shape index (κ3) is 5.44. The lowest BCUT2D eigenvalue weighted by atomic mass is 9.94. The summed E-state index contributed by atoms with van der Waals surface area (Å²) in [5, 5.41) is 3.32. The molecule has 1 aliphatic heterocycles. The lowest BCUT2D eigenvalue weighted by molar-refractivity contribution is -0.132. The molecule has 6 nitrogen and oxygen atoms in total. The van der Waals surface area contributed by atoms with E-state index in [1.165, 1.54) is 0 Å². The van der Waals surface area contributed by atoms with Gasteiger partial charge in [-0.05, 0) is 67.6 Å². The van der Waals surface area contributed by atoms with Crippen molar-refractivity contribution in [1.82, 2.24) is 14.9 Å². The maximum absolute atomic E-state index is 12.9. The highest BCUT2D eigenvalue weighted by atomic mass is 16.5. The van der Waals surface area contributed by atoms with Crippen molar-refractivity contribution in [3.8, 4) is 5.75 Å². The summed E-state index contributed by atoms with van der Waals surface area (Å²) >= 11 is 0. The van der Waals surface area contributed by atoms with Crippen molar-refractivity contribution in [3.05, 3.63) is 77.6 Å². The van der Waals surface area contributed by atoms with Gasteiger partial charge in [-0.25, -0.2) is 9.97 Å². The average molecular weight is 431 g/mol. The first kappa shape index (κ1) is 21.8. The van der Waals surface area contributed by atoms with Crippen LogP contribution < -0.4 is 10.1 Å². The van der Waals surface area contributed by atoms with Crippen LogP contribution in [0.15, 0.2) is 60.8 Å². The number of pyridine rings is 2. The van der Waals surface area contributed by atoms with E-state index >= 15 is 0 Å². The number of anilines is 2. The summed E-state index contributed by atoms with van der Waals surface area (Å²) in [6.07, 6.45) is 5.08. The molecule has 4 rings (SSSR count). The molecule has 0 aliphatic carbocycles. The minimum absolute atomic E-state index is 0.212. The second kappa shape index (κ2) is 10.3. The first-order valence-electron chi connectivity index (χ1n) is 11.2. The van der Waals surface area contributed by atoms with E-state index in [1.807, 2.05) is 60.4 Å². The molecule has 1 fully saturated rings. The Bertz CT molecular complexity index is 1050. The molecule has 1 N–H and O–H groups in total. The zero-order valence-corrected chi connectivity index (χ0v) is 18.8. The number of aromatic nitrogens is 2. The van der Waals surface area contributed by atoms with Crippen LogP contribution in [0.2, 0.25) is 0 Å². The summed E-state index contributed by atoms with van der Waals surface area (Å²) < 4.78 is 5.20. The largest absolute Gasteiger partial charge is 0.497 e. The normalized spacial score (nSPS) is 15.9. The zero-order valence-electron chi connectivity index (χ0n) is 18.8. The molecule has 1 saturated heterocycles. The topological polar surface area (TPSA) is 67.3 Å².